The molecule has 0 radical (unpaired) electrons. The molecule has 122 valence electrons. The molecule has 0 atom stereocenters. The zero-order valence-corrected chi connectivity index (χ0v) is 13.6. The number of thiophene rings is 1. The van der Waals surface area contributed by atoms with E-state index in [0.717, 1.165) is 4.68 Å². The first-order valence-corrected chi connectivity index (χ1v) is 7.80. The number of para-hydroxylation sites is 1. The maximum Gasteiger partial charge on any atom is 0.285 e. The third kappa shape index (κ3) is 2.54. The molecule has 0 saturated carbocycles. The first-order chi connectivity index (χ1) is 11.4. The van der Waals surface area contributed by atoms with Crippen molar-refractivity contribution in [1.29, 1.82) is 0 Å². The Labute approximate surface area is 139 Å². The van der Waals surface area contributed by atoms with Crippen molar-refractivity contribution in [3.63, 3.8) is 0 Å². The molecule has 0 spiro atoms. The van der Waals surface area contributed by atoms with Crippen molar-refractivity contribution in [1.82, 2.24) is 9.66 Å². The van der Waals surface area contributed by atoms with Crippen molar-refractivity contribution in [2.75, 3.05) is 5.43 Å². The molecular formula is C15H12N4O4S. The van der Waals surface area contributed by atoms with E-state index in [-0.39, 0.29) is 11.3 Å². The molecule has 0 bridgehead atoms. The number of nitro groups is 1. The normalized spacial score (nSPS) is 10.8. The molecular weight excluding hydrogens is 332 g/mol. The van der Waals surface area contributed by atoms with Crippen LogP contribution in [0, 0.1) is 24.0 Å². The summed E-state index contributed by atoms with van der Waals surface area (Å²) in [5, 5.41) is 13.3. The lowest BCUT2D eigenvalue weighted by molar-refractivity contribution is -0.385. The van der Waals surface area contributed by atoms with Crippen molar-refractivity contribution in [2.24, 2.45) is 0 Å². The molecule has 0 aliphatic carbocycles. The SMILES string of the molecule is Cc1cccc(C(=O)Nn2c(C)nc3sccc3c2=O)c1[N+](=O)[O-]. The third-order valence-electron chi connectivity index (χ3n) is 3.54. The fourth-order valence-corrected chi connectivity index (χ4v) is 3.19. The number of hydrogen-bond acceptors (Lipinski definition) is 6. The van der Waals surface area contributed by atoms with E-state index in [1.165, 1.54) is 17.4 Å². The number of nitrogens with zero attached hydrogens (tertiary/aromatic N) is 3. The summed E-state index contributed by atoms with van der Waals surface area (Å²) < 4.78 is 1.00. The van der Waals surface area contributed by atoms with Gasteiger partial charge < -0.3 is 0 Å². The lowest BCUT2D eigenvalue weighted by Gasteiger charge is -2.11. The highest BCUT2D eigenvalue weighted by Gasteiger charge is 2.23. The van der Waals surface area contributed by atoms with Crippen LogP contribution in [0.4, 0.5) is 5.69 Å². The second kappa shape index (κ2) is 5.85. The standard InChI is InChI=1S/C15H12N4O4S/c1-8-4-3-5-10(12(8)19(22)23)13(20)17-18-9(2)16-14-11(15(18)21)6-7-24-14/h3-7H,1-2H3,(H,17,20). The molecule has 3 aromatic rings. The smallest absolute Gasteiger partial charge is 0.267 e. The van der Waals surface area contributed by atoms with Gasteiger partial charge in [-0.15, -0.1) is 11.3 Å². The van der Waals surface area contributed by atoms with Gasteiger partial charge in [0.15, 0.2) is 0 Å². The van der Waals surface area contributed by atoms with Crippen molar-refractivity contribution in [3.05, 3.63) is 67.1 Å². The summed E-state index contributed by atoms with van der Waals surface area (Å²) in [6.07, 6.45) is 0. The minimum atomic E-state index is -0.744. The molecule has 0 aliphatic heterocycles. The summed E-state index contributed by atoms with van der Waals surface area (Å²) in [7, 11) is 0. The predicted molar refractivity (Wildman–Crippen MR) is 90.1 cm³/mol. The first kappa shape index (κ1) is 15.8. The van der Waals surface area contributed by atoms with Gasteiger partial charge in [0.1, 0.15) is 16.2 Å². The Kier molecular flexibility index (Phi) is 3.86. The van der Waals surface area contributed by atoms with E-state index in [2.05, 4.69) is 10.4 Å². The second-order valence-corrected chi connectivity index (χ2v) is 6.00. The summed E-state index contributed by atoms with van der Waals surface area (Å²) in [5.74, 6) is -0.453. The number of nitro benzene ring substituents is 1. The first-order valence-electron chi connectivity index (χ1n) is 6.92. The van der Waals surface area contributed by atoms with Gasteiger partial charge in [-0.3, -0.25) is 25.1 Å². The van der Waals surface area contributed by atoms with Crippen LogP contribution in [0.3, 0.4) is 0 Å². The van der Waals surface area contributed by atoms with Crippen LogP contribution in [-0.4, -0.2) is 20.5 Å². The van der Waals surface area contributed by atoms with Gasteiger partial charge in [0.05, 0.1) is 10.3 Å². The van der Waals surface area contributed by atoms with Gasteiger partial charge in [-0.25, -0.2) is 9.66 Å². The maximum atomic E-state index is 12.5. The third-order valence-corrected chi connectivity index (χ3v) is 4.35. The number of carbonyl (C=O) groups excluding carboxylic acids is 1. The van der Waals surface area contributed by atoms with Crippen LogP contribution in [0.2, 0.25) is 0 Å². The fourth-order valence-electron chi connectivity index (χ4n) is 2.39. The number of benzene rings is 1. The molecule has 0 saturated heterocycles. The molecule has 1 N–H and O–H groups in total. The van der Waals surface area contributed by atoms with E-state index in [0.29, 0.717) is 21.6 Å². The van der Waals surface area contributed by atoms with Crippen LogP contribution in [0.1, 0.15) is 21.7 Å². The lowest BCUT2D eigenvalue weighted by Crippen LogP contribution is -2.35. The quantitative estimate of drug-likeness (QED) is 0.580. The molecule has 0 aliphatic rings. The molecule has 1 amide bonds. The number of nitrogens with one attached hydrogen (secondary N) is 1. The molecule has 2 heterocycles. The Morgan fingerprint density at radius 3 is 2.79 bits per heavy atom. The van der Waals surface area contributed by atoms with Crippen molar-refractivity contribution >= 4 is 33.1 Å². The van der Waals surface area contributed by atoms with Crippen molar-refractivity contribution in [3.8, 4) is 0 Å². The molecule has 24 heavy (non-hydrogen) atoms. The Morgan fingerprint density at radius 2 is 2.08 bits per heavy atom. The van der Waals surface area contributed by atoms with Gasteiger partial charge in [-0.2, -0.15) is 0 Å². The molecule has 0 fully saturated rings. The fraction of sp³-hybridized carbons (Fsp3) is 0.133. The number of hydrogen-bond donors (Lipinski definition) is 1. The highest BCUT2D eigenvalue weighted by molar-refractivity contribution is 7.16. The van der Waals surface area contributed by atoms with Gasteiger partial charge >= 0.3 is 0 Å². The van der Waals surface area contributed by atoms with Crippen molar-refractivity contribution < 1.29 is 9.72 Å². The second-order valence-electron chi connectivity index (χ2n) is 5.11. The largest absolute Gasteiger partial charge is 0.285 e. The van der Waals surface area contributed by atoms with E-state index in [1.807, 2.05) is 0 Å². The summed E-state index contributed by atoms with van der Waals surface area (Å²) >= 11 is 1.32. The van der Waals surface area contributed by atoms with Gasteiger partial charge in [0.2, 0.25) is 0 Å². The highest BCUT2D eigenvalue weighted by atomic mass is 32.1. The van der Waals surface area contributed by atoms with Gasteiger partial charge in [-0.1, -0.05) is 12.1 Å². The van der Waals surface area contributed by atoms with Gasteiger partial charge in [-0.05, 0) is 31.4 Å². The van der Waals surface area contributed by atoms with E-state index in [1.54, 1.807) is 37.4 Å². The number of aryl methyl sites for hydroxylation is 2. The molecule has 0 unspecified atom stereocenters. The average molecular weight is 344 g/mol. The Hall–Kier alpha value is -3.07. The molecule has 2 aromatic heterocycles. The Bertz CT molecular complexity index is 1040. The molecule has 3 rings (SSSR count). The van der Waals surface area contributed by atoms with Gasteiger partial charge in [0.25, 0.3) is 17.2 Å². The van der Waals surface area contributed by atoms with Crippen LogP contribution in [0.25, 0.3) is 10.2 Å². The van der Waals surface area contributed by atoms with Gasteiger partial charge in [0, 0.05) is 5.56 Å². The van der Waals surface area contributed by atoms with Crippen LogP contribution in [0.15, 0.2) is 34.4 Å². The van der Waals surface area contributed by atoms with Crippen LogP contribution in [-0.2, 0) is 0 Å². The summed E-state index contributed by atoms with van der Waals surface area (Å²) in [5.41, 5.74) is 1.94. The topological polar surface area (TPSA) is 107 Å². The Balaban J connectivity index is 2.07. The van der Waals surface area contributed by atoms with Crippen LogP contribution < -0.4 is 11.0 Å². The van der Waals surface area contributed by atoms with E-state index < -0.39 is 16.4 Å². The zero-order chi connectivity index (χ0) is 17.4. The minimum absolute atomic E-state index is 0.114. The van der Waals surface area contributed by atoms with Crippen LogP contribution in [0.5, 0.6) is 0 Å². The highest BCUT2D eigenvalue weighted by Crippen LogP contribution is 2.23. The number of carbonyl (C=O) groups is 1. The predicted octanol–water partition coefficient (Wildman–Crippen LogP) is 2.37. The van der Waals surface area contributed by atoms with Crippen molar-refractivity contribution in [2.45, 2.75) is 13.8 Å². The molecule has 1 aromatic carbocycles. The van der Waals surface area contributed by atoms with Crippen LogP contribution >= 0.6 is 11.3 Å². The lowest BCUT2D eigenvalue weighted by atomic mass is 10.1. The van der Waals surface area contributed by atoms with E-state index in [4.69, 9.17) is 0 Å². The maximum absolute atomic E-state index is 12.5. The van der Waals surface area contributed by atoms with E-state index >= 15 is 0 Å². The minimum Gasteiger partial charge on any atom is -0.267 e. The number of rotatable bonds is 3. The van der Waals surface area contributed by atoms with E-state index in [9.17, 15) is 19.7 Å². The Morgan fingerprint density at radius 1 is 1.33 bits per heavy atom. The average Bonchev–Trinajstić information content (AvgIpc) is 2.98. The molecule has 8 nitrogen and oxygen atoms in total. The number of aromatic nitrogens is 2. The summed E-state index contributed by atoms with van der Waals surface area (Å²) in [6.45, 7) is 3.12. The molecule has 9 heteroatoms. The summed E-state index contributed by atoms with van der Waals surface area (Å²) in [6, 6.07) is 6.06. The number of fused-ring (bicyclic) bond motifs is 1. The summed E-state index contributed by atoms with van der Waals surface area (Å²) in [4.78, 5) is 40.3. The number of amides is 1. The monoisotopic (exact) mass is 344 g/mol. The zero-order valence-electron chi connectivity index (χ0n) is 12.8.